The summed E-state index contributed by atoms with van der Waals surface area (Å²) >= 11 is 1.89. The molecule has 11 nitrogen and oxygen atoms in total. The molecule has 212 valence electrons. The van der Waals surface area contributed by atoms with Crippen molar-refractivity contribution in [1.82, 2.24) is 19.4 Å². The molecule has 40 heavy (non-hydrogen) atoms. The molecule has 0 aliphatic rings. The van der Waals surface area contributed by atoms with Crippen molar-refractivity contribution in [1.29, 1.82) is 0 Å². The number of aliphatic hydroxyl groups is 1. The number of aryl methyl sites for hydroxylation is 2. The molecule has 0 unspecified atom stereocenters. The summed E-state index contributed by atoms with van der Waals surface area (Å²) in [6.07, 6.45) is 6.44. The Morgan fingerprint density at radius 1 is 1.00 bits per heavy atom. The van der Waals surface area contributed by atoms with E-state index >= 15 is 0 Å². The highest BCUT2D eigenvalue weighted by molar-refractivity contribution is 7.11. The lowest BCUT2D eigenvalue weighted by Crippen LogP contribution is -2.42. The van der Waals surface area contributed by atoms with E-state index in [0.29, 0.717) is 0 Å². The summed E-state index contributed by atoms with van der Waals surface area (Å²) in [5.74, 6) is -5.02. The van der Waals surface area contributed by atoms with Crippen LogP contribution < -0.4 is 0 Å². The molecule has 1 aromatic carbocycles. The molecular weight excluding hydrogens is 536 g/mol. The third-order valence-electron chi connectivity index (χ3n) is 5.98. The SMILES string of the molecule is Cc1ccc(CN(CCCn2ccnc2)Cc2ccc3ncccc3c2)s1.O=C(O)CC(O)(CC(=O)O)C(=O)O. The molecule has 0 aliphatic carbocycles. The molecule has 0 saturated heterocycles. The highest BCUT2D eigenvalue weighted by Crippen LogP contribution is 2.20. The van der Waals surface area contributed by atoms with E-state index in [1.165, 1.54) is 20.7 Å². The molecule has 0 spiro atoms. The predicted molar refractivity (Wildman–Crippen MR) is 149 cm³/mol. The third kappa shape index (κ3) is 9.56. The number of pyridine rings is 1. The van der Waals surface area contributed by atoms with Crippen LogP contribution in [-0.4, -0.2) is 69.9 Å². The lowest BCUT2D eigenvalue weighted by Gasteiger charge is -2.22. The number of hydrogen-bond acceptors (Lipinski definition) is 8. The van der Waals surface area contributed by atoms with Gasteiger partial charge in [0.1, 0.15) is 0 Å². The highest BCUT2D eigenvalue weighted by atomic mass is 32.1. The number of carbonyl (C=O) groups is 3. The first-order valence-electron chi connectivity index (χ1n) is 12.5. The number of nitrogens with zero attached hydrogens (tertiary/aromatic N) is 4. The maximum atomic E-state index is 10.3. The standard InChI is InChI=1S/C22H24N4S.C6H8O7/c1-18-5-7-21(27-18)16-26(12-3-11-25-13-10-23-17-25)15-19-6-8-22-20(14-19)4-2-9-24-22;7-3(8)1-6(13,5(11)12)2-4(9)10/h2,4-10,13-14,17H,3,11-12,15-16H2,1H3;13H,1-2H2,(H,7,8)(H,9,10)(H,11,12). The zero-order valence-electron chi connectivity index (χ0n) is 22.0. The highest BCUT2D eigenvalue weighted by Gasteiger charge is 2.40. The maximum Gasteiger partial charge on any atom is 0.336 e. The van der Waals surface area contributed by atoms with Crippen LogP contribution in [0.2, 0.25) is 0 Å². The molecule has 4 aromatic rings. The Labute approximate surface area is 235 Å². The smallest absolute Gasteiger partial charge is 0.336 e. The molecule has 0 bridgehead atoms. The number of imidazole rings is 1. The number of aliphatic carboxylic acids is 3. The van der Waals surface area contributed by atoms with E-state index in [1.807, 2.05) is 42.3 Å². The number of thiophene rings is 1. The van der Waals surface area contributed by atoms with E-state index in [9.17, 15) is 14.4 Å². The van der Waals surface area contributed by atoms with Crippen molar-refractivity contribution in [3.8, 4) is 0 Å². The minimum atomic E-state index is -2.74. The summed E-state index contributed by atoms with van der Waals surface area (Å²) in [4.78, 5) is 44.4. The van der Waals surface area contributed by atoms with E-state index in [-0.39, 0.29) is 0 Å². The lowest BCUT2D eigenvalue weighted by molar-refractivity contribution is -0.170. The van der Waals surface area contributed by atoms with Crippen LogP contribution in [0.25, 0.3) is 10.9 Å². The molecule has 3 heterocycles. The van der Waals surface area contributed by atoms with E-state index < -0.39 is 36.4 Å². The Kier molecular flexibility index (Phi) is 10.9. The van der Waals surface area contributed by atoms with Gasteiger partial charge in [-0.3, -0.25) is 19.5 Å². The number of rotatable bonds is 13. The fraction of sp³-hybridized carbons (Fsp3) is 0.321. The fourth-order valence-electron chi connectivity index (χ4n) is 4.10. The molecule has 0 amide bonds. The Balaban J connectivity index is 0.000000289. The van der Waals surface area contributed by atoms with Gasteiger partial charge in [0.05, 0.1) is 24.7 Å². The summed E-state index contributed by atoms with van der Waals surface area (Å²) in [6.45, 7) is 6.18. The molecular formula is C28H32N4O7S. The Bertz CT molecular complexity index is 1410. The van der Waals surface area contributed by atoms with Crippen molar-refractivity contribution in [3.63, 3.8) is 0 Å². The van der Waals surface area contributed by atoms with Crippen LogP contribution in [0.3, 0.4) is 0 Å². The van der Waals surface area contributed by atoms with Crippen molar-refractivity contribution in [3.05, 3.63) is 82.7 Å². The van der Waals surface area contributed by atoms with Gasteiger partial charge < -0.3 is 25.0 Å². The van der Waals surface area contributed by atoms with Gasteiger partial charge in [-0.2, -0.15) is 0 Å². The Hall–Kier alpha value is -4.13. The third-order valence-corrected chi connectivity index (χ3v) is 6.97. The summed E-state index contributed by atoms with van der Waals surface area (Å²) in [7, 11) is 0. The van der Waals surface area contributed by atoms with Gasteiger partial charge in [-0.25, -0.2) is 9.78 Å². The average molecular weight is 569 g/mol. The number of hydrogen-bond donors (Lipinski definition) is 4. The molecule has 0 saturated carbocycles. The van der Waals surface area contributed by atoms with Crippen molar-refractivity contribution < 1.29 is 34.8 Å². The normalized spacial score (nSPS) is 11.3. The summed E-state index contributed by atoms with van der Waals surface area (Å²) in [5.41, 5.74) is -0.342. The summed E-state index contributed by atoms with van der Waals surface area (Å²) in [6, 6.07) is 15.2. The van der Waals surface area contributed by atoms with Crippen LogP contribution in [-0.2, 0) is 34.0 Å². The Morgan fingerprint density at radius 3 is 2.35 bits per heavy atom. The molecule has 12 heteroatoms. The van der Waals surface area contributed by atoms with Crippen LogP contribution in [0.5, 0.6) is 0 Å². The van der Waals surface area contributed by atoms with Crippen molar-refractivity contribution in [2.24, 2.45) is 0 Å². The molecule has 0 radical (unpaired) electrons. The van der Waals surface area contributed by atoms with Gasteiger partial charge in [-0.15, -0.1) is 11.3 Å². The topological polar surface area (TPSA) is 166 Å². The first kappa shape index (κ1) is 30.4. The molecule has 3 aromatic heterocycles. The van der Waals surface area contributed by atoms with E-state index in [1.54, 1.807) is 0 Å². The van der Waals surface area contributed by atoms with Crippen molar-refractivity contribution in [2.45, 2.75) is 51.4 Å². The number of benzene rings is 1. The summed E-state index contributed by atoms with van der Waals surface area (Å²) in [5, 5.41) is 35.0. The second kappa shape index (κ2) is 14.3. The average Bonchev–Trinajstić information content (AvgIpc) is 3.55. The number of carboxylic acids is 3. The first-order chi connectivity index (χ1) is 19.0. The first-order valence-corrected chi connectivity index (χ1v) is 13.3. The molecule has 0 atom stereocenters. The number of carboxylic acid groups (broad SMARTS) is 3. The monoisotopic (exact) mass is 568 g/mol. The zero-order valence-corrected chi connectivity index (χ0v) is 22.8. The molecule has 4 rings (SSSR count). The molecule has 0 fully saturated rings. The predicted octanol–water partition coefficient (Wildman–Crippen LogP) is 3.65. The minimum Gasteiger partial charge on any atom is -0.481 e. The van der Waals surface area contributed by atoms with Gasteiger partial charge in [0, 0.05) is 59.9 Å². The van der Waals surface area contributed by atoms with Gasteiger partial charge in [0.25, 0.3) is 0 Å². The van der Waals surface area contributed by atoms with Crippen LogP contribution in [0.4, 0.5) is 0 Å². The second-order valence-corrected chi connectivity index (χ2v) is 10.8. The van der Waals surface area contributed by atoms with E-state index in [0.717, 1.165) is 38.1 Å². The quantitative estimate of drug-likeness (QED) is 0.187. The molecule has 4 N–H and O–H groups in total. The minimum absolute atomic E-state index is 0.950. The van der Waals surface area contributed by atoms with E-state index in [2.05, 4.69) is 62.8 Å². The maximum absolute atomic E-state index is 10.3. The largest absolute Gasteiger partial charge is 0.481 e. The van der Waals surface area contributed by atoms with Crippen molar-refractivity contribution >= 4 is 40.1 Å². The number of fused-ring (bicyclic) bond motifs is 1. The van der Waals surface area contributed by atoms with Crippen LogP contribution in [0, 0.1) is 6.92 Å². The van der Waals surface area contributed by atoms with E-state index in [4.69, 9.17) is 20.4 Å². The van der Waals surface area contributed by atoms with Gasteiger partial charge >= 0.3 is 17.9 Å². The zero-order chi connectivity index (χ0) is 29.1. The van der Waals surface area contributed by atoms with Gasteiger partial charge in [0.2, 0.25) is 0 Å². The Morgan fingerprint density at radius 2 is 1.75 bits per heavy atom. The van der Waals surface area contributed by atoms with Gasteiger partial charge in [-0.1, -0.05) is 12.1 Å². The second-order valence-electron chi connectivity index (χ2n) is 9.39. The van der Waals surface area contributed by atoms with Gasteiger partial charge in [-0.05, 0) is 49.2 Å². The summed E-state index contributed by atoms with van der Waals surface area (Å²) < 4.78 is 2.15. The number of aromatic nitrogens is 3. The van der Waals surface area contributed by atoms with Crippen molar-refractivity contribution in [2.75, 3.05) is 6.54 Å². The molecule has 0 aliphatic heterocycles. The van der Waals surface area contributed by atoms with Crippen LogP contribution in [0.15, 0.2) is 67.4 Å². The van der Waals surface area contributed by atoms with Crippen LogP contribution >= 0.6 is 11.3 Å². The fourth-order valence-corrected chi connectivity index (χ4v) is 5.03. The lowest BCUT2D eigenvalue weighted by atomic mass is 9.96. The van der Waals surface area contributed by atoms with Crippen LogP contribution in [0.1, 0.15) is 34.6 Å². The van der Waals surface area contributed by atoms with Gasteiger partial charge in [0.15, 0.2) is 5.60 Å².